The van der Waals surface area contributed by atoms with Crippen LogP contribution in [0.2, 0.25) is 0 Å². The fourth-order valence-corrected chi connectivity index (χ4v) is 4.08. The number of ether oxygens (including phenoxy) is 1. The van der Waals surface area contributed by atoms with E-state index in [1.165, 1.54) is 29.7 Å². The minimum Gasteiger partial charge on any atom is -0.397 e. The predicted octanol–water partition coefficient (Wildman–Crippen LogP) is 2.97. The van der Waals surface area contributed by atoms with Crippen LogP contribution in [-0.4, -0.2) is 59.8 Å². The lowest BCUT2D eigenvalue weighted by atomic mass is 10.3. The van der Waals surface area contributed by atoms with Crippen LogP contribution >= 0.6 is 11.3 Å². The van der Waals surface area contributed by atoms with Crippen LogP contribution < -0.4 is 16.4 Å². The number of benzene rings is 1. The zero-order valence-electron chi connectivity index (χ0n) is 18.8. The van der Waals surface area contributed by atoms with Gasteiger partial charge in [0, 0.05) is 50.1 Å². The molecule has 1 saturated heterocycles. The second-order valence-corrected chi connectivity index (χ2v) is 8.46. The first-order chi connectivity index (χ1) is 16.3. The first kappa shape index (κ1) is 25.0. The molecule has 0 saturated carbocycles. The van der Waals surface area contributed by atoms with Crippen molar-refractivity contribution in [2.75, 3.05) is 43.5 Å². The van der Waals surface area contributed by atoms with Crippen LogP contribution in [0.1, 0.15) is 17.0 Å². The molecule has 0 radical (unpaired) electrons. The summed E-state index contributed by atoms with van der Waals surface area (Å²) in [5.74, 6) is 0.193. The number of nitro benzene ring substituents is 1. The van der Waals surface area contributed by atoms with E-state index < -0.39 is 4.92 Å². The number of hydrogen-bond acceptors (Lipinski definition) is 10. The second-order valence-electron chi connectivity index (χ2n) is 7.47. The van der Waals surface area contributed by atoms with Crippen molar-refractivity contribution in [3.8, 4) is 0 Å². The van der Waals surface area contributed by atoms with Gasteiger partial charge in [-0.05, 0) is 19.1 Å². The van der Waals surface area contributed by atoms with E-state index in [9.17, 15) is 14.9 Å². The highest BCUT2D eigenvalue weighted by Gasteiger charge is 2.15. The maximum atomic E-state index is 12.3. The number of nitrogens with zero attached hydrogens (tertiary/aromatic N) is 4. The second kappa shape index (κ2) is 12.0. The number of morpholine rings is 1. The third kappa shape index (κ3) is 7.47. The number of rotatable bonds is 10. The average molecular weight is 486 g/mol. The average Bonchev–Trinajstić information content (AvgIpc) is 3.18. The molecule has 1 aliphatic heterocycles. The maximum Gasteiger partial charge on any atom is 0.271 e. The van der Waals surface area contributed by atoms with E-state index >= 15 is 0 Å². The van der Waals surface area contributed by atoms with E-state index in [0.29, 0.717) is 54.2 Å². The van der Waals surface area contributed by atoms with Crippen molar-refractivity contribution in [2.24, 2.45) is 10.7 Å². The van der Waals surface area contributed by atoms with E-state index in [1.807, 2.05) is 6.92 Å². The fourth-order valence-electron chi connectivity index (χ4n) is 3.16. The summed E-state index contributed by atoms with van der Waals surface area (Å²) in [5, 5.41) is 17.1. The van der Waals surface area contributed by atoms with Gasteiger partial charge >= 0.3 is 0 Å². The molecule has 1 amide bonds. The quantitative estimate of drug-likeness (QED) is 0.264. The number of hydrogen-bond donors (Lipinski definition) is 3. The Labute approximate surface area is 201 Å². The highest BCUT2D eigenvalue weighted by molar-refractivity contribution is 7.16. The zero-order valence-corrected chi connectivity index (χ0v) is 19.6. The Morgan fingerprint density at radius 2 is 2.18 bits per heavy atom. The molecule has 11 nitrogen and oxygen atoms in total. The number of thiazole rings is 1. The van der Waals surface area contributed by atoms with Gasteiger partial charge in [-0.15, -0.1) is 0 Å². The predicted molar refractivity (Wildman–Crippen MR) is 134 cm³/mol. The van der Waals surface area contributed by atoms with Gasteiger partial charge in [-0.1, -0.05) is 24.0 Å². The summed E-state index contributed by atoms with van der Waals surface area (Å²) in [4.78, 5) is 34.2. The Hall–Kier alpha value is -3.61. The number of non-ortho nitro benzene ring substituents is 1. The molecule has 12 heteroatoms. The molecule has 1 aromatic heterocycles. The van der Waals surface area contributed by atoms with Gasteiger partial charge in [0.05, 0.1) is 34.4 Å². The molecule has 1 aliphatic rings. The lowest BCUT2D eigenvalue weighted by molar-refractivity contribution is -0.384. The molecule has 0 bridgehead atoms. The molecule has 2 heterocycles. The number of carbonyl (C=O) groups excluding carboxylic acids is 1. The van der Waals surface area contributed by atoms with Crippen LogP contribution in [0.3, 0.4) is 0 Å². The molecule has 0 aliphatic carbocycles. The summed E-state index contributed by atoms with van der Waals surface area (Å²) < 4.78 is 5.31. The first-order valence-corrected chi connectivity index (χ1v) is 11.4. The third-order valence-corrected chi connectivity index (χ3v) is 6.02. The summed E-state index contributed by atoms with van der Waals surface area (Å²) in [6.07, 6.45) is 3.46. The number of aromatic nitrogens is 1. The molecule has 1 aromatic carbocycles. The summed E-state index contributed by atoms with van der Waals surface area (Å²) in [6.45, 7) is 9.35. The van der Waals surface area contributed by atoms with E-state index in [2.05, 4.69) is 32.1 Å². The standard InChI is InChI=1S/C22H27N7O4S/c1-15-21(34-22(25-15)27-20(30)7-9-28-10-12-33-13-11-28)19(23)6-8-24-16(2)26-17-4-3-5-18(14-17)29(31)32/h3-6,8,14,26H,2,7,9-13,23H2,1H3,(H,25,27,30)/b19-6-,24-8?. The number of allylic oxidation sites excluding steroid dienone is 1. The Balaban J connectivity index is 1.53. The minimum absolute atomic E-state index is 0.0319. The van der Waals surface area contributed by atoms with Crippen LogP contribution in [0.5, 0.6) is 0 Å². The molecular formula is C22H27N7O4S. The largest absolute Gasteiger partial charge is 0.397 e. The summed E-state index contributed by atoms with van der Waals surface area (Å²) in [5.41, 5.74) is 7.78. The van der Waals surface area contributed by atoms with Gasteiger partial charge in [-0.3, -0.25) is 19.8 Å². The van der Waals surface area contributed by atoms with Crippen molar-refractivity contribution < 1.29 is 14.5 Å². The monoisotopic (exact) mass is 485 g/mol. The molecule has 0 unspecified atom stereocenters. The van der Waals surface area contributed by atoms with Crippen molar-refractivity contribution in [3.05, 3.63) is 63.4 Å². The topological polar surface area (TPSA) is 148 Å². The molecule has 1 fully saturated rings. The summed E-state index contributed by atoms with van der Waals surface area (Å²) in [6, 6.07) is 6.04. The van der Waals surface area contributed by atoms with Crippen molar-refractivity contribution in [1.82, 2.24) is 9.88 Å². The molecule has 0 atom stereocenters. The SMILES string of the molecule is C=C(N=C/C=C(\N)c1sc(NC(=O)CCN2CCOCC2)nc1C)Nc1cccc([N+](=O)[O-])c1. The maximum absolute atomic E-state index is 12.3. The molecule has 0 spiro atoms. The molecular weight excluding hydrogens is 458 g/mol. The highest BCUT2D eigenvalue weighted by atomic mass is 32.1. The number of amides is 1. The van der Waals surface area contributed by atoms with Gasteiger partial charge in [-0.2, -0.15) is 0 Å². The lowest BCUT2D eigenvalue weighted by Crippen LogP contribution is -2.38. The van der Waals surface area contributed by atoms with Crippen LogP contribution in [0, 0.1) is 17.0 Å². The molecule has 3 rings (SSSR count). The normalized spacial score (nSPS) is 14.8. The number of nitrogens with two attached hydrogens (primary N) is 1. The van der Waals surface area contributed by atoms with Gasteiger partial charge in [0.25, 0.3) is 5.69 Å². The van der Waals surface area contributed by atoms with Gasteiger partial charge in [0.15, 0.2) is 5.13 Å². The van der Waals surface area contributed by atoms with Crippen LogP contribution in [0.15, 0.2) is 47.7 Å². The zero-order chi connectivity index (χ0) is 24.5. The van der Waals surface area contributed by atoms with E-state index in [-0.39, 0.29) is 11.6 Å². The van der Waals surface area contributed by atoms with Gasteiger partial charge in [0.2, 0.25) is 5.91 Å². The van der Waals surface area contributed by atoms with E-state index in [0.717, 1.165) is 18.0 Å². The molecule has 4 N–H and O–H groups in total. The van der Waals surface area contributed by atoms with Gasteiger partial charge in [-0.25, -0.2) is 9.98 Å². The number of aryl methyl sites for hydroxylation is 1. The lowest BCUT2D eigenvalue weighted by Gasteiger charge is -2.26. The molecule has 180 valence electrons. The summed E-state index contributed by atoms with van der Waals surface area (Å²) in [7, 11) is 0. The van der Waals surface area contributed by atoms with Crippen molar-refractivity contribution >= 4 is 45.7 Å². The Kier molecular flexibility index (Phi) is 8.85. The van der Waals surface area contributed by atoms with Crippen LogP contribution in [0.4, 0.5) is 16.5 Å². The van der Waals surface area contributed by atoms with Crippen LogP contribution in [0.25, 0.3) is 5.70 Å². The highest BCUT2D eigenvalue weighted by Crippen LogP contribution is 2.26. The smallest absolute Gasteiger partial charge is 0.271 e. The molecule has 34 heavy (non-hydrogen) atoms. The molecule has 2 aromatic rings. The fraction of sp³-hybridized carbons (Fsp3) is 0.318. The summed E-state index contributed by atoms with van der Waals surface area (Å²) >= 11 is 1.29. The third-order valence-electron chi connectivity index (χ3n) is 4.89. The number of nitro groups is 1. The Morgan fingerprint density at radius 3 is 2.91 bits per heavy atom. The number of anilines is 2. The minimum atomic E-state index is -0.473. The van der Waals surface area contributed by atoms with Crippen molar-refractivity contribution in [1.29, 1.82) is 0 Å². The van der Waals surface area contributed by atoms with Gasteiger partial charge < -0.3 is 21.1 Å². The number of aliphatic imine (C=N–C) groups is 1. The number of carbonyl (C=O) groups is 1. The van der Waals surface area contributed by atoms with Crippen molar-refractivity contribution in [3.63, 3.8) is 0 Å². The first-order valence-electron chi connectivity index (χ1n) is 10.6. The van der Waals surface area contributed by atoms with Gasteiger partial charge in [0.1, 0.15) is 5.82 Å². The Morgan fingerprint density at radius 1 is 1.41 bits per heavy atom. The van der Waals surface area contributed by atoms with Crippen LogP contribution in [-0.2, 0) is 9.53 Å². The van der Waals surface area contributed by atoms with E-state index in [4.69, 9.17) is 10.5 Å². The Bertz CT molecular complexity index is 1110. The number of nitrogens with one attached hydrogen (secondary N) is 2. The van der Waals surface area contributed by atoms with Crippen molar-refractivity contribution in [2.45, 2.75) is 13.3 Å². The van der Waals surface area contributed by atoms with E-state index in [1.54, 1.807) is 18.2 Å².